The van der Waals surface area contributed by atoms with Crippen molar-refractivity contribution >= 4 is 29.2 Å². The van der Waals surface area contributed by atoms with Crippen LogP contribution < -0.4 is 5.32 Å². The van der Waals surface area contributed by atoms with Gasteiger partial charge in [-0.05, 0) is 56.7 Å². The third-order valence-corrected chi connectivity index (χ3v) is 7.10. The molecule has 158 valence electrons. The summed E-state index contributed by atoms with van der Waals surface area (Å²) in [7, 11) is 0. The fraction of sp³-hybridized carbons (Fsp3) is 0.500. The minimum absolute atomic E-state index is 0.113. The molecule has 0 aliphatic heterocycles. The highest BCUT2D eigenvalue weighted by Crippen LogP contribution is 2.66. The molecule has 0 saturated heterocycles. The Bertz CT molecular complexity index is 1020. The molecule has 1 atom stereocenters. The first-order valence-electron chi connectivity index (χ1n) is 10.5. The average molecular weight is 445 g/mol. The lowest BCUT2D eigenvalue weighted by Gasteiger charge is -2.70. The number of anilines is 1. The quantitative estimate of drug-likeness (QED) is 0.349. The molecule has 3 saturated carbocycles. The molecule has 2 N–H and O–H groups in total. The number of unbranched alkanes of at least 4 members (excludes halogenated alkanes) is 1. The summed E-state index contributed by atoms with van der Waals surface area (Å²) in [6, 6.07) is 8.00. The van der Waals surface area contributed by atoms with Crippen LogP contribution in [0, 0.1) is 6.92 Å². The zero-order chi connectivity index (χ0) is 20.8. The number of benzene rings is 1. The van der Waals surface area contributed by atoms with Crippen LogP contribution in [0.15, 0.2) is 36.8 Å². The van der Waals surface area contributed by atoms with Gasteiger partial charge in [-0.2, -0.15) is 4.98 Å². The molecular weight excluding hydrogens is 419 g/mol. The minimum Gasteiger partial charge on any atom is -0.347 e. The van der Waals surface area contributed by atoms with Crippen molar-refractivity contribution < 1.29 is 0 Å². The van der Waals surface area contributed by atoms with Crippen molar-refractivity contribution in [3.63, 3.8) is 0 Å². The predicted octanol–water partition coefficient (Wildman–Crippen LogP) is 5.25. The van der Waals surface area contributed by atoms with Crippen LogP contribution in [0.2, 0.25) is 5.02 Å². The predicted molar refractivity (Wildman–Crippen MR) is 119 cm³/mol. The van der Waals surface area contributed by atoms with Crippen LogP contribution in [0.3, 0.4) is 0 Å². The SMILES string of the molecule is Cc1cn(C23CC(Nc4n[nH]c(C(CCCCCl)c5cccc(Cl)c5)n4)(C2)C3)cn1. The summed E-state index contributed by atoms with van der Waals surface area (Å²) in [6.45, 7) is 2.04. The zero-order valence-electron chi connectivity index (χ0n) is 17.0. The molecule has 3 fully saturated rings. The van der Waals surface area contributed by atoms with Gasteiger partial charge in [0.15, 0.2) is 0 Å². The summed E-state index contributed by atoms with van der Waals surface area (Å²) >= 11 is 12.1. The number of aromatic amines is 1. The Balaban J connectivity index is 1.28. The van der Waals surface area contributed by atoms with E-state index < -0.39 is 0 Å². The summed E-state index contributed by atoms with van der Waals surface area (Å²) in [5.74, 6) is 2.36. The molecule has 30 heavy (non-hydrogen) atoms. The molecule has 3 aromatic rings. The van der Waals surface area contributed by atoms with Crippen LogP contribution in [0.5, 0.6) is 0 Å². The second kappa shape index (κ2) is 7.57. The van der Waals surface area contributed by atoms with E-state index in [2.05, 4.69) is 37.3 Å². The number of H-pyrrole nitrogens is 1. The molecule has 0 amide bonds. The van der Waals surface area contributed by atoms with Gasteiger partial charge in [0.1, 0.15) is 5.82 Å². The summed E-state index contributed by atoms with van der Waals surface area (Å²) in [5.41, 5.74) is 2.57. The van der Waals surface area contributed by atoms with Gasteiger partial charge >= 0.3 is 0 Å². The van der Waals surface area contributed by atoms with Gasteiger partial charge in [0, 0.05) is 28.6 Å². The molecule has 8 heteroatoms. The van der Waals surface area contributed by atoms with Gasteiger partial charge in [-0.25, -0.2) is 4.98 Å². The van der Waals surface area contributed by atoms with Crippen molar-refractivity contribution in [1.29, 1.82) is 0 Å². The lowest BCUT2D eigenvalue weighted by Crippen LogP contribution is -2.75. The van der Waals surface area contributed by atoms with Crippen LogP contribution in [0.1, 0.15) is 61.5 Å². The van der Waals surface area contributed by atoms with Crippen molar-refractivity contribution in [2.24, 2.45) is 0 Å². The van der Waals surface area contributed by atoms with Crippen LogP contribution in [0.4, 0.5) is 5.95 Å². The van der Waals surface area contributed by atoms with Gasteiger partial charge in [-0.1, -0.05) is 30.2 Å². The van der Waals surface area contributed by atoms with Gasteiger partial charge < -0.3 is 9.88 Å². The molecule has 2 aromatic heterocycles. The van der Waals surface area contributed by atoms with Crippen LogP contribution in [0.25, 0.3) is 0 Å². The van der Waals surface area contributed by atoms with E-state index in [0.29, 0.717) is 11.8 Å². The minimum atomic E-state index is 0.113. The van der Waals surface area contributed by atoms with Gasteiger partial charge in [0.2, 0.25) is 5.95 Å². The monoisotopic (exact) mass is 444 g/mol. The first kappa shape index (κ1) is 19.9. The van der Waals surface area contributed by atoms with Gasteiger partial charge in [-0.3, -0.25) is 5.10 Å². The molecule has 0 spiro atoms. The number of nitrogens with one attached hydrogen (secondary N) is 2. The van der Waals surface area contributed by atoms with E-state index in [9.17, 15) is 0 Å². The Hall–Kier alpha value is -2.05. The molecule has 1 aromatic carbocycles. The highest BCUT2D eigenvalue weighted by atomic mass is 35.5. The smallest absolute Gasteiger partial charge is 0.242 e. The number of aromatic nitrogens is 5. The Morgan fingerprint density at radius 3 is 2.80 bits per heavy atom. The number of hydrogen-bond donors (Lipinski definition) is 2. The summed E-state index contributed by atoms with van der Waals surface area (Å²) in [5, 5.41) is 12.0. The van der Waals surface area contributed by atoms with Crippen molar-refractivity contribution in [3.8, 4) is 0 Å². The Labute approximate surface area is 186 Å². The fourth-order valence-electron chi connectivity index (χ4n) is 5.17. The zero-order valence-corrected chi connectivity index (χ0v) is 18.5. The first-order valence-corrected chi connectivity index (χ1v) is 11.5. The Morgan fingerprint density at radius 1 is 1.27 bits per heavy atom. The molecule has 1 unspecified atom stereocenters. The highest BCUT2D eigenvalue weighted by Gasteiger charge is 2.69. The van der Waals surface area contributed by atoms with Crippen LogP contribution in [-0.2, 0) is 5.54 Å². The largest absolute Gasteiger partial charge is 0.347 e. The van der Waals surface area contributed by atoms with E-state index in [1.165, 1.54) is 0 Å². The third kappa shape index (κ3) is 3.50. The average Bonchev–Trinajstić information content (AvgIpc) is 3.30. The van der Waals surface area contributed by atoms with Crippen LogP contribution in [-0.4, -0.2) is 36.2 Å². The lowest BCUT2D eigenvalue weighted by atomic mass is 9.44. The molecule has 2 bridgehead atoms. The topological polar surface area (TPSA) is 71.4 Å². The summed E-state index contributed by atoms with van der Waals surface area (Å²) in [4.78, 5) is 9.19. The van der Waals surface area contributed by atoms with Crippen LogP contribution >= 0.6 is 23.2 Å². The normalized spacial score (nSPS) is 25.4. The van der Waals surface area contributed by atoms with E-state index >= 15 is 0 Å². The number of halogens is 2. The maximum Gasteiger partial charge on any atom is 0.242 e. The highest BCUT2D eigenvalue weighted by molar-refractivity contribution is 6.30. The van der Waals surface area contributed by atoms with Gasteiger partial charge in [0.05, 0.1) is 17.6 Å². The maximum absolute atomic E-state index is 6.24. The van der Waals surface area contributed by atoms with E-state index in [0.717, 1.165) is 60.6 Å². The molecular formula is C22H26Cl2N6. The molecule has 3 aliphatic rings. The van der Waals surface area contributed by atoms with Crippen molar-refractivity contribution in [1.82, 2.24) is 24.7 Å². The maximum atomic E-state index is 6.24. The fourth-order valence-corrected chi connectivity index (χ4v) is 5.56. The van der Waals surface area contributed by atoms with Crippen molar-refractivity contribution in [3.05, 3.63) is 58.9 Å². The molecule has 6 rings (SSSR count). The summed E-state index contributed by atoms with van der Waals surface area (Å²) in [6.07, 6.45) is 10.3. The lowest BCUT2D eigenvalue weighted by molar-refractivity contribution is -0.100. The molecule has 2 heterocycles. The molecule has 6 nitrogen and oxygen atoms in total. The first-order chi connectivity index (χ1) is 14.5. The number of nitrogens with zero attached hydrogens (tertiary/aromatic N) is 4. The standard InChI is InChI=1S/C22H26Cl2N6/c1-15-10-30(14-25-15)22-11-21(12-22,13-22)27-20-26-19(28-29-20)18(7-2-3-8-23)16-5-4-6-17(24)9-16/h4-6,9-10,14,18H,2-3,7-8,11-13H2,1H3,(H2,26,27,28,29). The third-order valence-electron chi connectivity index (χ3n) is 6.60. The number of imidazole rings is 1. The summed E-state index contributed by atoms with van der Waals surface area (Å²) < 4.78 is 2.28. The van der Waals surface area contributed by atoms with Gasteiger partial charge in [-0.15, -0.1) is 16.7 Å². The van der Waals surface area contributed by atoms with Crippen molar-refractivity contribution in [2.75, 3.05) is 11.2 Å². The molecule has 0 radical (unpaired) electrons. The number of hydrogen-bond acceptors (Lipinski definition) is 4. The van der Waals surface area contributed by atoms with E-state index in [4.69, 9.17) is 28.2 Å². The van der Waals surface area contributed by atoms with E-state index in [1.807, 2.05) is 31.5 Å². The van der Waals surface area contributed by atoms with E-state index in [-0.39, 0.29) is 17.0 Å². The number of rotatable bonds is 9. The number of aryl methyl sites for hydroxylation is 1. The van der Waals surface area contributed by atoms with E-state index in [1.54, 1.807) is 0 Å². The Morgan fingerprint density at radius 2 is 2.10 bits per heavy atom. The van der Waals surface area contributed by atoms with Crippen molar-refractivity contribution in [2.45, 2.75) is 62.4 Å². The second-order valence-electron chi connectivity index (χ2n) is 8.92. The number of alkyl halides is 1. The Kier molecular flexibility index (Phi) is 5.02. The van der Waals surface area contributed by atoms with Gasteiger partial charge in [0.25, 0.3) is 0 Å². The second-order valence-corrected chi connectivity index (χ2v) is 9.73. The molecule has 3 aliphatic carbocycles.